The van der Waals surface area contributed by atoms with Crippen LogP contribution in [0.1, 0.15) is 11.4 Å². The normalized spacial score (nSPS) is 11.8. The van der Waals surface area contributed by atoms with Crippen LogP contribution in [0.25, 0.3) is 21.9 Å². The Morgan fingerprint density at radius 1 is 1.42 bits per heavy atom. The number of aromatic nitrogens is 3. The topological polar surface area (TPSA) is 62.2 Å². The van der Waals surface area contributed by atoms with Gasteiger partial charge in [0, 0.05) is 39.9 Å². The number of fused-ring (bicyclic) bond motifs is 2. The number of hydrogen-bond acceptors (Lipinski definition) is 3. The van der Waals surface area contributed by atoms with Crippen molar-refractivity contribution in [2.45, 2.75) is 6.92 Å². The van der Waals surface area contributed by atoms with Crippen molar-refractivity contribution in [3.05, 3.63) is 58.5 Å². The van der Waals surface area contributed by atoms with Gasteiger partial charge >= 0.3 is 0 Å². The number of aromatic amines is 1. The van der Waals surface area contributed by atoms with Crippen LogP contribution in [0.15, 0.2) is 41.9 Å². The largest absolute Gasteiger partial charge is 0.359 e. The first-order valence-electron chi connectivity index (χ1n) is 7.29. The third-order valence-corrected chi connectivity index (χ3v) is 4.70. The summed E-state index contributed by atoms with van der Waals surface area (Å²) in [5, 5.41) is 6.23. The summed E-state index contributed by atoms with van der Waals surface area (Å²) < 4.78 is 1.85. The van der Waals surface area contributed by atoms with Crippen LogP contribution in [0.4, 0.5) is 5.69 Å². The fourth-order valence-electron chi connectivity index (χ4n) is 2.62. The molecule has 0 saturated carbocycles. The average Bonchev–Trinajstić information content (AvgIpc) is 3.19. The molecule has 0 radical (unpaired) electrons. The van der Waals surface area contributed by atoms with Gasteiger partial charge in [0.25, 0.3) is 0 Å². The van der Waals surface area contributed by atoms with Gasteiger partial charge in [-0.2, -0.15) is 0 Å². The van der Waals surface area contributed by atoms with Crippen LogP contribution >= 0.6 is 22.9 Å². The molecule has 0 bridgehead atoms. The van der Waals surface area contributed by atoms with E-state index in [1.807, 2.05) is 47.2 Å². The zero-order valence-electron chi connectivity index (χ0n) is 12.7. The average molecular weight is 357 g/mol. The number of hydrogen-bond donors (Lipinski definition) is 2. The van der Waals surface area contributed by atoms with Gasteiger partial charge in [-0.05, 0) is 37.3 Å². The molecule has 3 aromatic heterocycles. The van der Waals surface area contributed by atoms with E-state index in [0.29, 0.717) is 10.8 Å². The first kappa shape index (κ1) is 15.0. The lowest BCUT2D eigenvalue weighted by atomic mass is 10.2. The molecule has 1 amide bonds. The molecular weight excluding hydrogens is 344 g/mol. The zero-order chi connectivity index (χ0) is 16.7. The number of imidazole rings is 1. The summed E-state index contributed by atoms with van der Waals surface area (Å²) in [6.07, 6.45) is 5.00. The molecular formula is C17H13ClN4OS. The molecule has 0 aliphatic heterocycles. The summed E-state index contributed by atoms with van der Waals surface area (Å²) in [6.45, 7) is 2.00. The lowest BCUT2D eigenvalue weighted by molar-refractivity contribution is -0.111. The molecule has 4 rings (SSSR count). The summed E-state index contributed by atoms with van der Waals surface area (Å²) in [5.74, 6) is -0.220. The van der Waals surface area contributed by atoms with Gasteiger partial charge in [0.05, 0.1) is 5.69 Å². The zero-order valence-corrected chi connectivity index (χ0v) is 14.3. The second-order valence-corrected chi connectivity index (χ2v) is 6.65. The monoisotopic (exact) mass is 356 g/mol. The van der Waals surface area contributed by atoms with E-state index in [0.717, 1.165) is 27.2 Å². The molecule has 0 aliphatic carbocycles. The number of benzene rings is 1. The minimum Gasteiger partial charge on any atom is -0.359 e. The van der Waals surface area contributed by atoms with E-state index >= 15 is 0 Å². The van der Waals surface area contributed by atoms with Crippen LogP contribution < -0.4 is 5.32 Å². The standard InChI is InChI=1S/C17H13ClN4OS/c1-10-8-11-9-12(2-3-13(11)19-10)20-15(23)5-4-14-16(18)21-17-22(14)6-7-24-17/h2-9,19H,1H3,(H,20,23). The van der Waals surface area contributed by atoms with E-state index in [1.54, 1.807) is 6.08 Å². The number of H-pyrrole nitrogens is 1. The van der Waals surface area contributed by atoms with Gasteiger partial charge in [0.2, 0.25) is 5.91 Å². The first-order valence-corrected chi connectivity index (χ1v) is 8.55. The lowest BCUT2D eigenvalue weighted by Crippen LogP contribution is -2.07. The minimum atomic E-state index is -0.220. The second-order valence-electron chi connectivity index (χ2n) is 5.42. The minimum absolute atomic E-state index is 0.220. The summed E-state index contributed by atoms with van der Waals surface area (Å²) in [5.41, 5.74) is 3.58. The Kier molecular flexibility index (Phi) is 3.63. The summed E-state index contributed by atoms with van der Waals surface area (Å²) in [7, 11) is 0. The number of halogens is 1. The Hall–Kier alpha value is -2.57. The van der Waals surface area contributed by atoms with Gasteiger partial charge in [0.1, 0.15) is 0 Å². The van der Waals surface area contributed by atoms with E-state index in [-0.39, 0.29) is 5.91 Å². The highest BCUT2D eigenvalue weighted by Gasteiger charge is 2.09. The maximum Gasteiger partial charge on any atom is 0.248 e. The Morgan fingerprint density at radius 3 is 3.17 bits per heavy atom. The summed E-state index contributed by atoms with van der Waals surface area (Å²) in [6, 6.07) is 7.80. The van der Waals surface area contributed by atoms with Gasteiger partial charge in [-0.3, -0.25) is 9.20 Å². The lowest BCUT2D eigenvalue weighted by Gasteiger charge is -2.02. The predicted octanol–water partition coefficient (Wildman–Crippen LogP) is 4.49. The van der Waals surface area contributed by atoms with E-state index in [4.69, 9.17) is 11.6 Å². The number of aryl methyl sites for hydroxylation is 1. The molecule has 5 nitrogen and oxygen atoms in total. The number of rotatable bonds is 3. The molecule has 3 heterocycles. The highest BCUT2D eigenvalue weighted by Crippen LogP contribution is 2.23. The number of carbonyl (C=O) groups excluding carboxylic acids is 1. The van der Waals surface area contributed by atoms with E-state index in [1.165, 1.54) is 17.4 Å². The summed E-state index contributed by atoms with van der Waals surface area (Å²) >= 11 is 7.60. The molecule has 0 atom stereocenters. The van der Waals surface area contributed by atoms with Crippen LogP contribution in [0.5, 0.6) is 0 Å². The molecule has 1 aromatic carbocycles. The molecule has 24 heavy (non-hydrogen) atoms. The molecule has 2 N–H and O–H groups in total. The fourth-order valence-corrected chi connectivity index (χ4v) is 3.63. The Bertz CT molecular complexity index is 1090. The van der Waals surface area contributed by atoms with E-state index in [2.05, 4.69) is 15.3 Å². The quantitative estimate of drug-likeness (QED) is 0.531. The highest BCUT2D eigenvalue weighted by molar-refractivity contribution is 7.15. The number of nitrogens with zero attached hydrogens (tertiary/aromatic N) is 2. The van der Waals surface area contributed by atoms with Gasteiger partial charge in [-0.15, -0.1) is 11.3 Å². The molecule has 0 fully saturated rings. The van der Waals surface area contributed by atoms with Crippen LogP contribution in [-0.2, 0) is 4.79 Å². The molecule has 0 aliphatic rings. The Balaban J connectivity index is 1.55. The third kappa shape index (κ3) is 2.70. The second kappa shape index (κ2) is 5.81. The Morgan fingerprint density at radius 2 is 2.29 bits per heavy atom. The van der Waals surface area contributed by atoms with Crippen LogP contribution in [0.3, 0.4) is 0 Å². The number of amides is 1. The molecule has 0 saturated heterocycles. The van der Waals surface area contributed by atoms with Crippen molar-refractivity contribution in [2.75, 3.05) is 5.32 Å². The first-order chi connectivity index (χ1) is 11.6. The van der Waals surface area contributed by atoms with Crippen molar-refractivity contribution < 1.29 is 4.79 Å². The van der Waals surface area contributed by atoms with Gasteiger partial charge < -0.3 is 10.3 Å². The molecule has 7 heteroatoms. The van der Waals surface area contributed by atoms with E-state index in [9.17, 15) is 4.79 Å². The highest BCUT2D eigenvalue weighted by atomic mass is 35.5. The third-order valence-electron chi connectivity index (χ3n) is 3.67. The number of carbonyl (C=O) groups is 1. The van der Waals surface area contributed by atoms with Crippen molar-refractivity contribution in [3.63, 3.8) is 0 Å². The van der Waals surface area contributed by atoms with E-state index < -0.39 is 0 Å². The van der Waals surface area contributed by atoms with Crippen molar-refractivity contribution in [2.24, 2.45) is 0 Å². The molecule has 4 aromatic rings. The van der Waals surface area contributed by atoms with Crippen molar-refractivity contribution in [3.8, 4) is 0 Å². The van der Waals surface area contributed by atoms with Crippen LogP contribution in [0.2, 0.25) is 5.15 Å². The van der Waals surface area contributed by atoms with Gasteiger partial charge in [0.15, 0.2) is 10.1 Å². The van der Waals surface area contributed by atoms with Crippen LogP contribution in [0, 0.1) is 6.92 Å². The summed E-state index contributed by atoms with van der Waals surface area (Å²) in [4.78, 5) is 20.4. The van der Waals surface area contributed by atoms with Gasteiger partial charge in [-0.1, -0.05) is 11.6 Å². The fraction of sp³-hybridized carbons (Fsp3) is 0.0588. The molecule has 120 valence electrons. The number of nitrogens with one attached hydrogen (secondary N) is 2. The molecule has 0 spiro atoms. The van der Waals surface area contributed by atoms with Gasteiger partial charge in [-0.25, -0.2) is 4.98 Å². The van der Waals surface area contributed by atoms with Crippen molar-refractivity contribution in [1.82, 2.24) is 14.4 Å². The van der Waals surface area contributed by atoms with Crippen molar-refractivity contribution >= 4 is 56.5 Å². The van der Waals surface area contributed by atoms with Crippen LogP contribution in [-0.4, -0.2) is 20.3 Å². The number of anilines is 1. The maximum absolute atomic E-state index is 12.2. The Labute approximate surface area is 146 Å². The SMILES string of the molecule is Cc1cc2cc(NC(=O)C=Cc3c(Cl)nc4sccn34)ccc2[nH]1. The number of thiazole rings is 1. The smallest absolute Gasteiger partial charge is 0.248 e. The van der Waals surface area contributed by atoms with Crippen molar-refractivity contribution in [1.29, 1.82) is 0 Å². The maximum atomic E-state index is 12.2. The predicted molar refractivity (Wildman–Crippen MR) is 98.8 cm³/mol. The molecule has 0 unspecified atom stereocenters.